The van der Waals surface area contributed by atoms with Crippen molar-refractivity contribution in [3.8, 4) is 0 Å². The van der Waals surface area contributed by atoms with Crippen molar-refractivity contribution < 1.29 is 14.0 Å². The molecule has 3 aromatic rings. The van der Waals surface area contributed by atoms with E-state index in [1.807, 2.05) is 0 Å². The van der Waals surface area contributed by atoms with E-state index in [-0.39, 0.29) is 11.8 Å². The van der Waals surface area contributed by atoms with Gasteiger partial charge in [0, 0.05) is 37.9 Å². The zero-order chi connectivity index (χ0) is 16.5. The van der Waals surface area contributed by atoms with Crippen molar-refractivity contribution >= 4 is 22.9 Å². The summed E-state index contributed by atoms with van der Waals surface area (Å²) in [5, 5.41) is 0. The summed E-state index contributed by atoms with van der Waals surface area (Å²) in [5.74, 6) is -0.0875. The highest BCUT2D eigenvalue weighted by molar-refractivity contribution is 5.97. The average Bonchev–Trinajstić information content (AvgIpc) is 3.31. The van der Waals surface area contributed by atoms with Crippen LogP contribution in [-0.4, -0.2) is 57.8 Å². The van der Waals surface area contributed by atoms with E-state index in [4.69, 9.17) is 4.42 Å². The summed E-state index contributed by atoms with van der Waals surface area (Å²) in [5.41, 5.74) is 2.48. The second kappa shape index (κ2) is 5.84. The molecule has 7 heteroatoms. The minimum Gasteiger partial charge on any atom is -0.443 e. The minimum atomic E-state index is -0.0553. The van der Waals surface area contributed by atoms with Gasteiger partial charge in [0.2, 0.25) is 0 Å². The second-order valence-corrected chi connectivity index (χ2v) is 5.70. The summed E-state index contributed by atoms with van der Waals surface area (Å²) in [6.45, 7) is 2.07. The second-order valence-electron chi connectivity index (χ2n) is 5.70. The molecule has 0 spiro atoms. The van der Waals surface area contributed by atoms with Crippen molar-refractivity contribution in [2.75, 3.05) is 26.2 Å². The predicted octanol–water partition coefficient (Wildman–Crippen LogP) is 1.75. The van der Waals surface area contributed by atoms with Crippen LogP contribution >= 0.6 is 0 Å². The lowest BCUT2D eigenvalue weighted by Gasteiger charge is -2.34. The van der Waals surface area contributed by atoms with Gasteiger partial charge in [-0.25, -0.2) is 4.98 Å². The van der Waals surface area contributed by atoms with Gasteiger partial charge < -0.3 is 19.2 Å². The maximum absolute atomic E-state index is 12.6. The Morgan fingerprint density at radius 1 is 1.04 bits per heavy atom. The number of H-pyrrole nitrogens is 1. The lowest BCUT2D eigenvalue weighted by molar-refractivity contribution is 0.0533. The van der Waals surface area contributed by atoms with Gasteiger partial charge in [-0.3, -0.25) is 9.59 Å². The maximum atomic E-state index is 12.6. The molecule has 0 aliphatic carbocycles. The van der Waals surface area contributed by atoms with Crippen LogP contribution in [0.3, 0.4) is 0 Å². The first-order valence-corrected chi connectivity index (χ1v) is 7.77. The molecule has 0 saturated carbocycles. The summed E-state index contributed by atoms with van der Waals surface area (Å²) in [4.78, 5) is 35.4. The highest BCUT2D eigenvalue weighted by atomic mass is 16.3. The summed E-state index contributed by atoms with van der Waals surface area (Å²) in [6, 6.07) is 8.79. The van der Waals surface area contributed by atoms with Crippen molar-refractivity contribution in [1.29, 1.82) is 0 Å². The Bertz CT molecular complexity index is 876. The number of fused-ring (bicyclic) bond motifs is 1. The summed E-state index contributed by atoms with van der Waals surface area (Å²) < 4.78 is 5.25. The van der Waals surface area contributed by atoms with Crippen molar-refractivity contribution in [1.82, 2.24) is 19.8 Å². The van der Waals surface area contributed by atoms with Gasteiger partial charge >= 0.3 is 0 Å². The molecule has 1 aliphatic heterocycles. The number of hydrogen-bond acceptors (Lipinski definition) is 4. The normalized spacial score (nSPS) is 15.0. The molecule has 0 radical (unpaired) electrons. The van der Waals surface area contributed by atoms with Gasteiger partial charge in [-0.1, -0.05) is 0 Å². The molecule has 1 fully saturated rings. The molecular weight excluding hydrogens is 308 g/mol. The van der Waals surface area contributed by atoms with Gasteiger partial charge in [-0.2, -0.15) is 0 Å². The third-order valence-corrected chi connectivity index (χ3v) is 4.26. The first-order valence-electron chi connectivity index (χ1n) is 7.77. The maximum Gasteiger partial charge on any atom is 0.270 e. The van der Waals surface area contributed by atoms with E-state index in [0.717, 1.165) is 5.52 Å². The Morgan fingerprint density at radius 3 is 2.50 bits per heavy atom. The van der Waals surface area contributed by atoms with Crippen molar-refractivity contribution in [3.05, 3.63) is 54.2 Å². The summed E-state index contributed by atoms with van der Waals surface area (Å²) in [7, 11) is 0. The number of carbonyl (C=O) groups excluding carboxylic acids is 2. The van der Waals surface area contributed by atoms with Crippen LogP contribution in [0.5, 0.6) is 0 Å². The van der Waals surface area contributed by atoms with Crippen LogP contribution in [0.15, 0.2) is 47.3 Å². The first-order chi connectivity index (χ1) is 11.7. The van der Waals surface area contributed by atoms with E-state index < -0.39 is 0 Å². The fourth-order valence-electron chi connectivity index (χ4n) is 2.92. The standard InChI is InChI=1S/C17H16N4O3/c22-16(12-3-4-13-15(10-12)24-11-19-13)20-6-8-21(9-7-20)17(23)14-2-1-5-18-14/h1-5,10-11,18H,6-9H2. The Kier molecular flexibility index (Phi) is 3.53. The minimum absolute atomic E-state index is 0.0322. The number of nitrogens with zero attached hydrogens (tertiary/aromatic N) is 3. The van der Waals surface area contributed by atoms with E-state index in [1.165, 1.54) is 6.39 Å². The quantitative estimate of drug-likeness (QED) is 0.778. The fourth-order valence-corrected chi connectivity index (χ4v) is 2.92. The summed E-state index contributed by atoms with van der Waals surface area (Å²) >= 11 is 0. The number of rotatable bonds is 2. The highest BCUT2D eigenvalue weighted by Crippen LogP contribution is 2.17. The molecule has 122 valence electrons. The van der Waals surface area contributed by atoms with Crippen LogP contribution in [0, 0.1) is 0 Å². The van der Waals surface area contributed by atoms with Crippen molar-refractivity contribution in [3.63, 3.8) is 0 Å². The molecule has 1 N–H and O–H groups in total. The monoisotopic (exact) mass is 324 g/mol. The average molecular weight is 324 g/mol. The topological polar surface area (TPSA) is 82.4 Å². The van der Waals surface area contributed by atoms with Crippen LogP contribution in [0.25, 0.3) is 11.1 Å². The molecule has 0 unspecified atom stereocenters. The molecule has 0 atom stereocenters. The molecule has 24 heavy (non-hydrogen) atoms. The van der Waals surface area contributed by atoms with Gasteiger partial charge in [0.05, 0.1) is 0 Å². The van der Waals surface area contributed by atoms with Crippen LogP contribution in [-0.2, 0) is 0 Å². The van der Waals surface area contributed by atoms with E-state index >= 15 is 0 Å². The molecule has 2 amide bonds. The predicted molar refractivity (Wildman–Crippen MR) is 86.6 cm³/mol. The van der Waals surface area contributed by atoms with Gasteiger partial charge in [-0.05, 0) is 30.3 Å². The number of piperazine rings is 1. The van der Waals surface area contributed by atoms with Crippen LogP contribution in [0.2, 0.25) is 0 Å². The zero-order valence-corrected chi connectivity index (χ0v) is 12.9. The number of hydrogen-bond donors (Lipinski definition) is 1. The van der Waals surface area contributed by atoms with Crippen molar-refractivity contribution in [2.24, 2.45) is 0 Å². The Morgan fingerprint density at radius 2 is 1.79 bits per heavy atom. The van der Waals surface area contributed by atoms with Crippen LogP contribution in [0.1, 0.15) is 20.8 Å². The molecule has 1 saturated heterocycles. The third kappa shape index (κ3) is 2.54. The molecular formula is C17H16N4O3. The van der Waals surface area contributed by atoms with E-state index in [1.54, 1.807) is 46.3 Å². The van der Waals surface area contributed by atoms with Crippen LogP contribution < -0.4 is 0 Å². The number of benzene rings is 1. The van der Waals surface area contributed by atoms with Crippen molar-refractivity contribution in [2.45, 2.75) is 0 Å². The number of aromatic amines is 1. The molecule has 0 bridgehead atoms. The lowest BCUT2D eigenvalue weighted by Crippen LogP contribution is -2.50. The smallest absolute Gasteiger partial charge is 0.270 e. The SMILES string of the molecule is O=C(c1ccc2ncoc2c1)N1CCN(C(=O)c2ccc[nH]2)CC1. The lowest BCUT2D eigenvalue weighted by atomic mass is 10.1. The molecule has 3 heterocycles. The largest absolute Gasteiger partial charge is 0.443 e. The van der Waals surface area contributed by atoms with E-state index in [0.29, 0.717) is 43.0 Å². The van der Waals surface area contributed by atoms with Crippen LogP contribution in [0.4, 0.5) is 0 Å². The third-order valence-electron chi connectivity index (χ3n) is 4.26. The number of nitrogens with one attached hydrogen (secondary N) is 1. The number of oxazole rings is 1. The summed E-state index contributed by atoms with van der Waals surface area (Å²) in [6.07, 6.45) is 3.09. The Labute approximate surface area is 137 Å². The van der Waals surface area contributed by atoms with Gasteiger partial charge in [-0.15, -0.1) is 0 Å². The Hall–Kier alpha value is -3.09. The number of amides is 2. The first kappa shape index (κ1) is 14.5. The molecule has 4 rings (SSSR count). The zero-order valence-electron chi connectivity index (χ0n) is 12.9. The number of aromatic nitrogens is 2. The van der Waals surface area contributed by atoms with Gasteiger partial charge in [0.25, 0.3) is 11.8 Å². The van der Waals surface area contributed by atoms with Gasteiger partial charge in [0.1, 0.15) is 11.2 Å². The van der Waals surface area contributed by atoms with E-state index in [2.05, 4.69) is 9.97 Å². The molecule has 1 aliphatic rings. The Balaban J connectivity index is 1.43. The molecule has 2 aromatic heterocycles. The highest BCUT2D eigenvalue weighted by Gasteiger charge is 2.26. The fraction of sp³-hybridized carbons (Fsp3) is 0.235. The number of carbonyl (C=O) groups is 2. The molecule has 1 aromatic carbocycles. The van der Waals surface area contributed by atoms with E-state index in [9.17, 15) is 9.59 Å². The van der Waals surface area contributed by atoms with Gasteiger partial charge in [0.15, 0.2) is 12.0 Å². The molecule has 7 nitrogen and oxygen atoms in total.